The maximum atomic E-state index is 12.2. The van der Waals surface area contributed by atoms with Gasteiger partial charge >= 0.3 is 0 Å². The van der Waals surface area contributed by atoms with E-state index in [2.05, 4.69) is 10.2 Å². The predicted molar refractivity (Wildman–Crippen MR) is 77.0 cm³/mol. The van der Waals surface area contributed by atoms with E-state index in [1.54, 1.807) is 0 Å². The second-order valence-corrected chi connectivity index (χ2v) is 5.42. The number of carbonyl (C=O) groups excluding carboxylic acids is 1. The van der Waals surface area contributed by atoms with Gasteiger partial charge in [0.1, 0.15) is 0 Å². The lowest BCUT2D eigenvalue weighted by Crippen LogP contribution is -2.38. The third kappa shape index (κ3) is 3.46. The molecule has 1 amide bonds. The van der Waals surface area contributed by atoms with Crippen LogP contribution in [0.25, 0.3) is 0 Å². The minimum absolute atomic E-state index is 0.0922. The molecule has 1 N–H and O–H groups in total. The monoisotopic (exact) mass is 297 g/mol. The summed E-state index contributed by atoms with van der Waals surface area (Å²) in [6, 6.07) is 4.02. The molecule has 2 rings (SSSR count). The van der Waals surface area contributed by atoms with Crippen molar-refractivity contribution in [1.29, 1.82) is 0 Å². The van der Waals surface area contributed by atoms with E-state index in [0.717, 1.165) is 19.4 Å². The van der Waals surface area contributed by atoms with E-state index in [-0.39, 0.29) is 17.5 Å². The molecule has 1 aliphatic heterocycles. The molecule has 0 spiro atoms. The first-order chi connectivity index (χ1) is 9.47. The molecule has 1 atom stereocenters. The Morgan fingerprint density at radius 2 is 2.30 bits per heavy atom. The van der Waals surface area contributed by atoms with Crippen LogP contribution >= 0.6 is 11.6 Å². The summed E-state index contributed by atoms with van der Waals surface area (Å²) in [5.41, 5.74) is 0.199. The van der Waals surface area contributed by atoms with Crippen molar-refractivity contribution in [3.8, 4) is 0 Å². The third-order valence-electron chi connectivity index (χ3n) is 3.41. The van der Waals surface area contributed by atoms with E-state index in [9.17, 15) is 14.9 Å². The average molecular weight is 298 g/mol. The fourth-order valence-corrected chi connectivity index (χ4v) is 2.50. The molecular weight excluding hydrogens is 282 g/mol. The van der Waals surface area contributed by atoms with Gasteiger partial charge in [-0.1, -0.05) is 11.6 Å². The van der Waals surface area contributed by atoms with Gasteiger partial charge < -0.3 is 10.2 Å². The number of rotatable bonds is 3. The smallest absolute Gasteiger partial charge is 0.271 e. The Hall–Kier alpha value is -1.66. The van der Waals surface area contributed by atoms with Gasteiger partial charge in [0, 0.05) is 18.7 Å². The standard InChI is InChI=1S/C13H16ClN3O3/c1-16-6-2-3-9(8-16)13(18)15-12-7-10(17(19)20)4-5-11(12)14/h4-5,7,9H,2-3,6,8H2,1H3,(H,15,18). The molecule has 0 radical (unpaired) electrons. The topological polar surface area (TPSA) is 75.5 Å². The number of nitro groups is 1. The van der Waals surface area contributed by atoms with Crippen molar-refractivity contribution in [3.63, 3.8) is 0 Å². The Bertz CT molecular complexity index is 536. The second-order valence-electron chi connectivity index (χ2n) is 5.01. The number of nitro benzene ring substituents is 1. The Kier molecular flexibility index (Phi) is 4.57. The number of anilines is 1. The minimum atomic E-state index is -0.514. The summed E-state index contributed by atoms with van der Waals surface area (Å²) in [4.78, 5) is 24.5. The average Bonchev–Trinajstić information content (AvgIpc) is 2.41. The Balaban J connectivity index is 2.10. The van der Waals surface area contributed by atoms with E-state index < -0.39 is 4.92 Å². The van der Waals surface area contributed by atoms with Gasteiger partial charge in [-0.25, -0.2) is 0 Å². The van der Waals surface area contributed by atoms with Crippen molar-refractivity contribution < 1.29 is 9.72 Å². The highest BCUT2D eigenvalue weighted by Gasteiger charge is 2.24. The van der Waals surface area contributed by atoms with Gasteiger partial charge in [-0.2, -0.15) is 0 Å². The number of amides is 1. The molecule has 0 aliphatic carbocycles. The van der Waals surface area contributed by atoms with Crippen LogP contribution in [-0.2, 0) is 4.79 Å². The molecule has 1 saturated heterocycles. The lowest BCUT2D eigenvalue weighted by molar-refractivity contribution is -0.384. The molecule has 1 aromatic carbocycles. The number of piperidine rings is 1. The quantitative estimate of drug-likeness (QED) is 0.687. The van der Waals surface area contributed by atoms with Crippen LogP contribution in [0.4, 0.5) is 11.4 Å². The van der Waals surface area contributed by atoms with Gasteiger partial charge in [-0.05, 0) is 32.5 Å². The molecule has 20 heavy (non-hydrogen) atoms. The molecule has 6 nitrogen and oxygen atoms in total. The van der Waals surface area contributed by atoms with E-state index >= 15 is 0 Å². The highest BCUT2D eigenvalue weighted by Crippen LogP contribution is 2.27. The molecule has 0 saturated carbocycles. The largest absolute Gasteiger partial charge is 0.324 e. The first-order valence-corrected chi connectivity index (χ1v) is 6.78. The van der Waals surface area contributed by atoms with Gasteiger partial charge in [0.25, 0.3) is 5.69 Å². The van der Waals surface area contributed by atoms with Gasteiger partial charge in [0.15, 0.2) is 0 Å². The number of likely N-dealkylation sites (tertiary alicyclic amines) is 1. The van der Waals surface area contributed by atoms with Crippen molar-refractivity contribution in [2.24, 2.45) is 5.92 Å². The highest BCUT2D eigenvalue weighted by molar-refractivity contribution is 6.33. The van der Waals surface area contributed by atoms with Crippen LogP contribution in [0.1, 0.15) is 12.8 Å². The molecule has 1 fully saturated rings. The summed E-state index contributed by atoms with van der Waals surface area (Å²) in [6.07, 6.45) is 1.79. The number of benzene rings is 1. The van der Waals surface area contributed by atoms with Crippen LogP contribution in [0.5, 0.6) is 0 Å². The zero-order valence-electron chi connectivity index (χ0n) is 11.1. The number of nitrogens with zero attached hydrogens (tertiary/aromatic N) is 2. The summed E-state index contributed by atoms with van der Waals surface area (Å²) in [5.74, 6) is -0.247. The number of hydrogen-bond acceptors (Lipinski definition) is 4. The van der Waals surface area contributed by atoms with Crippen molar-refractivity contribution in [2.45, 2.75) is 12.8 Å². The fourth-order valence-electron chi connectivity index (χ4n) is 2.34. The van der Waals surface area contributed by atoms with Crippen LogP contribution < -0.4 is 5.32 Å². The summed E-state index contributed by atoms with van der Waals surface area (Å²) >= 11 is 5.96. The van der Waals surface area contributed by atoms with E-state index in [1.807, 2.05) is 7.05 Å². The van der Waals surface area contributed by atoms with Crippen molar-refractivity contribution in [1.82, 2.24) is 4.90 Å². The molecule has 1 aliphatic rings. The van der Waals surface area contributed by atoms with Crippen molar-refractivity contribution in [3.05, 3.63) is 33.3 Å². The zero-order chi connectivity index (χ0) is 14.7. The molecule has 1 heterocycles. The molecule has 108 valence electrons. The maximum Gasteiger partial charge on any atom is 0.271 e. The summed E-state index contributed by atoms with van der Waals surface area (Å²) < 4.78 is 0. The van der Waals surface area contributed by atoms with Crippen LogP contribution in [0.2, 0.25) is 5.02 Å². The SMILES string of the molecule is CN1CCCC(C(=O)Nc2cc([N+](=O)[O-])ccc2Cl)C1. The number of carbonyl (C=O) groups is 1. The lowest BCUT2D eigenvalue weighted by atomic mass is 9.97. The van der Waals surface area contributed by atoms with E-state index in [0.29, 0.717) is 17.3 Å². The molecular formula is C13H16ClN3O3. The highest BCUT2D eigenvalue weighted by atomic mass is 35.5. The van der Waals surface area contributed by atoms with Gasteiger partial charge in [0.05, 0.1) is 21.6 Å². The van der Waals surface area contributed by atoms with Gasteiger partial charge in [0.2, 0.25) is 5.91 Å². The van der Waals surface area contributed by atoms with Crippen LogP contribution in [0.15, 0.2) is 18.2 Å². The van der Waals surface area contributed by atoms with Crippen LogP contribution in [0, 0.1) is 16.0 Å². The van der Waals surface area contributed by atoms with Gasteiger partial charge in [-0.3, -0.25) is 14.9 Å². The first-order valence-electron chi connectivity index (χ1n) is 6.40. The molecule has 0 aromatic heterocycles. The number of non-ortho nitro benzene ring substituents is 1. The summed E-state index contributed by atoms with van der Waals surface area (Å²) in [7, 11) is 1.97. The molecule has 0 bridgehead atoms. The first kappa shape index (κ1) is 14.7. The maximum absolute atomic E-state index is 12.2. The lowest BCUT2D eigenvalue weighted by Gasteiger charge is -2.28. The summed E-state index contributed by atoms with van der Waals surface area (Å²) in [6.45, 7) is 1.68. The zero-order valence-corrected chi connectivity index (χ0v) is 11.9. The Morgan fingerprint density at radius 1 is 1.55 bits per heavy atom. The van der Waals surface area contributed by atoms with Gasteiger partial charge in [-0.15, -0.1) is 0 Å². The van der Waals surface area contributed by atoms with Crippen LogP contribution in [-0.4, -0.2) is 35.9 Å². The molecule has 1 unspecified atom stereocenters. The van der Waals surface area contributed by atoms with Crippen molar-refractivity contribution >= 4 is 28.9 Å². The second kappa shape index (κ2) is 6.19. The Morgan fingerprint density at radius 3 is 2.95 bits per heavy atom. The predicted octanol–water partition coefficient (Wildman–Crippen LogP) is 2.53. The minimum Gasteiger partial charge on any atom is -0.324 e. The van der Waals surface area contributed by atoms with Crippen LogP contribution in [0.3, 0.4) is 0 Å². The molecule has 7 heteroatoms. The summed E-state index contributed by atoms with van der Waals surface area (Å²) in [5, 5.41) is 13.7. The van der Waals surface area contributed by atoms with Crippen molar-refractivity contribution in [2.75, 3.05) is 25.5 Å². The normalized spacial score (nSPS) is 19.6. The van der Waals surface area contributed by atoms with E-state index in [4.69, 9.17) is 11.6 Å². The third-order valence-corrected chi connectivity index (χ3v) is 3.74. The fraction of sp³-hybridized carbons (Fsp3) is 0.462. The number of nitrogens with one attached hydrogen (secondary N) is 1. The number of halogens is 1. The Labute approximate surface area is 121 Å². The number of hydrogen-bond donors (Lipinski definition) is 1. The van der Waals surface area contributed by atoms with E-state index in [1.165, 1.54) is 18.2 Å². The molecule has 1 aromatic rings.